The van der Waals surface area contributed by atoms with Crippen LogP contribution in [-0.2, 0) is 9.53 Å². The lowest BCUT2D eigenvalue weighted by atomic mass is 9.79. The largest absolute Gasteiger partial charge is 0.460 e. The molecule has 0 bridgehead atoms. The van der Waals surface area contributed by atoms with Crippen molar-refractivity contribution in [3.63, 3.8) is 0 Å². The van der Waals surface area contributed by atoms with Gasteiger partial charge in [0, 0.05) is 6.04 Å². The quantitative estimate of drug-likeness (QED) is 0.533. The Balaban J connectivity index is 2.53. The normalized spacial score (nSPS) is 27.7. The van der Waals surface area contributed by atoms with Gasteiger partial charge in [-0.3, -0.25) is 10.2 Å². The summed E-state index contributed by atoms with van der Waals surface area (Å²) in [5.74, 6) is 0.0958. The molecule has 1 aliphatic carbocycles. The fourth-order valence-electron chi connectivity index (χ4n) is 2.29. The molecular formula is C13H25N3O3. The van der Waals surface area contributed by atoms with Crippen molar-refractivity contribution in [3.8, 4) is 0 Å². The predicted octanol–water partition coefficient (Wildman–Crippen LogP) is 1.31. The number of carbonyl (C=O) groups is 2. The summed E-state index contributed by atoms with van der Waals surface area (Å²) in [6.45, 7) is 7.67. The zero-order chi connectivity index (χ0) is 14.6. The van der Waals surface area contributed by atoms with Gasteiger partial charge >= 0.3 is 12.0 Å². The number of carbonyl (C=O) groups excluding carboxylic acids is 2. The van der Waals surface area contributed by atoms with Gasteiger partial charge in [0.05, 0.1) is 5.92 Å². The van der Waals surface area contributed by atoms with Gasteiger partial charge in [-0.2, -0.15) is 0 Å². The summed E-state index contributed by atoms with van der Waals surface area (Å²) in [6.07, 6.45) is 2.39. The van der Waals surface area contributed by atoms with Crippen LogP contribution in [0.3, 0.4) is 0 Å². The van der Waals surface area contributed by atoms with Gasteiger partial charge < -0.3 is 10.5 Å². The summed E-state index contributed by atoms with van der Waals surface area (Å²) in [6, 6.07) is -0.578. The van der Waals surface area contributed by atoms with Crippen molar-refractivity contribution in [2.24, 2.45) is 17.6 Å². The second-order valence-electron chi connectivity index (χ2n) is 6.26. The molecule has 6 nitrogen and oxygen atoms in total. The number of rotatable bonds is 3. The number of esters is 1. The monoisotopic (exact) mass is 271 g/mol. The van der Waals surface area contributed by atoms with Gasteiger partial charge in [-0.25, -0.2) is 10.2 Å². The number of amides is 2. The van der Waals surface area contributed by atoms with E-state index in [4.69, 9.17) is 10.5 Å². The smallest absolute Gasteiger partial charge is 0.326 e. The first-order chi connectivity index (χ1) is 8.69. The van der Waals surface area contributed by atoms with E-state index in [1.165, 1.54) is 0 Å². The Kier molecular flexibility index (Phi) is 5.17. The second-order valence-corrected chi connectivity index (χ2v) is 6.26. The van der Waals surface area contributed by atoms with Crippen molar-refractivity contribution in [3.05, 3.63) is 0 Å². The Labute approximate surface area is 114 Å². The fraction of sp³-hybridized carbons (Fsp3) is 0.846. The summed E-state index contributed by atoms with van der Waals surface area (Å²) < 4.78 is 5.41. The Morgan fingerprint density at radius 3 is 2.42 bits per heavy atom. The minimum atomic E-state index is -0.619. The Morgan fingerprint density at radius 1 is 1.26 bits per heavy atom. The minimum Gasteiger partial charge on any atom is -0.460 e. The van der Waals surface area contributed by atoms with Crippen molar-refractivity contribution in [2.75, 3.05) is 0 Å². The maximum Gasteiger partial charge on any atom is 0.326 e. The molecule has 0 aliphatic heterocycles. The Hall–Kier alpha value is -1.30. The van der Waals surface area contributed by atoms with Crippen LogP contribution in [0.5, 0.6) is 0 Å². The molecule has 1 unspecified atom stereocenters. The third-order valence-corrected chi connectivity index (χ3v) is 3.32. The Morgan fingerprint density at radius 2 is 1.89 bits per heavy atom. The van der Waals surface area contributed by atoms with Gasteiger partial charge in [-0.05, 0) is 46.0 Å². The van der Waals surface area contributed by atoms with Gasteiger partial charge in [-0.15, -0.1) is 0 Å². The highest BCUT2D eigenvalue weighted by molar-refractivity contribution is 5.73. The molecule has 0 aromatic carbocycles. The number of nitrogens with two attached hydrogens (primary N) is 1. The van der Waals surface area contributed by atoms with Crippen molar-refractivity contribution < 1.29 is 14.3 Å². The number of hydrogen-bond acceptors (Lipinski definition) is 4. The molecular weight excluding hydrogens is 246 g/mol. The van der Waals surface area contributed by atoms with E-state index < -0.39 is 11.6 Å². The third-order valence-electron chi connectivity index (χ3n) is 3.32. The number of nitrogens with one attached hydrogen (secondary N) is 2. The van der Waals surface area contributed by atoms with Crippen molar-refractivity contribution in [1.29, 1.82) is 0 Å². The molecule has 0 saturated heterocycles. The molecule has 4 N–H and O–H groups in total. The average molecular weight is 271 g/mol. The van der Waals surface area contributed by atoms with Crippen LogP contribution in [0.25, 0.3) is 0 Å². The molecule has 1 saturated carbocycles. The lowest BCUT2D eigenvalue weighted by molar-refractivity contribution is -0.161. The summed E-state index contributed by atoms with van der Waals surface area (Å²) >= 11 is 0. The van der Waals surface area contributed by atoms with Gasteiger partial charge in [0.1, 0.15) is 5.60 Å². The van der Waals surface area contributed by atoms with Crippen LogP contribution in [0.2, 0.25) is 0 Å². The molecule has 1 rings (SSSR count). The summed E-state index contributed by atoms with van der Waals surface area (Å²) in [5, 5.41) is 0. The van der Waals surface area contributed by atoms with Crippen LogP contribution < -0.4 is 16.6 Å². The highest BCUT2D eigenvalue weighted by Crippen LogP contribution is 2.30. The average Bonchev–Trinajstić information content (AvgIpc) is 2.25. The number of ether oxygens (including phenoxy) is 1. The zero-order valence-corrected chi connectivity index (χ0v) is 12.2. The van der Waals surface area contributed by atoms with Gasteiger partial charge in [0.25, 0.3) is 0 Å². The van der Waals surface area contributed by atoms with Crippen molar-refractivity contribution in [2.45, 2.75) is 58.6 Å². The maximum absolute atomic E-state index is 12.0. The first-order valence-electron chi connectivity index (χ1n) is 6.73. The van der Waals surface area contributed by atoms with Gasteiger partial charge in [0.15, 0.2) is 0 Å². The molecule has 1 aliphatic rings. The minimum absolute atomic E-state index is 0.0405. The van der Waals surface area contributed by atoms with E-state index in [1.807, 2.05) is 20.8 Å². The summed E-state index contributed by atoms with van der Waals surface area (Å²) in [4.78, 5) is 22.8. The molecule has 0 aromatic rings. The van der Waals surface area contributed by atoms with Crippen molar-refractivity contribution >= 4 is 12.0 Å². The predicted molar refractivity (Wildman–Crippen MR) is 72.0 cm³/mol. The van der Waals surface area contributed by atoms with E-state index in [9.17, 15) is 9.59 Å². The highest BCUT2D eigenvalue weighted by Gasteiger charge is 2.34. The van der Waals surface area contributed by atoms with Crippen LogP contribution in [0, 0.1) is 11.8 Å². The van der Waals surface area contributed by atoms with E-state index in [0.717, 1.165) is 12.8 Å². The van der Waals surface area contributed by atoms with E-state index in [2.05, 4.69) is 17.8 Å². The molecule has 0 heterocycles. The molecule has 3 atom stereocenters. The summed E-state index contributed by atoms with van der Waals surface area (Å²) in [7, 11) is 0. The molecule has 0 spiro atoms. The molecule has 2 amide bonds. The fourth-order valence-corrected chi connectivity index (χ4v) is 2.29. The number of urea groups is 1. The van der Waals surface area contributed by atoms with Crippen LogP contribution in [0.15, 0.2) is 0 Å². The second kappa shape index (κ2) is 6.23. The third kappa shape index (κ3) is 5.46. The van der Waals surface area contributed by atoms with E-state index in [-0.39, 0.29) is 17.9 Å². The molecule has 1 fully saturated rings. The SMILES string of the molecule is CC1CC[C@@H](C(=O)OC(C)(C)C)C[C@@H]1NNC(N)=O. The van der Waals surface area contributed by atoms with Crippen LogP contribution in [0.1, 0.15) is 47.0 Å². The molecule has 19 heavy (non-hydrogen) atoms. The lowest BCUT2D eigenvalue weighted by Gasteiger charge is -2.34. The summed E-state index contributed by atoms with van der Waals surface area (Å²) in [5.41, 5.74) is 9.84. The first-order valence-corrected chi connectivity index (χ1v) is 6.73. The molecule has 0 radical (unpaired) electrons. The Bertz CT molecular complexity index is 339. The first kappa shape index (κ1) is 15.8. The zero-order valence-electron chi connectivity index (χ0n) is 12.2. The van der Waals surface area contributed by atoms with E-state index in [0.29, 0.717) is 12.3 Å². The standard InChI is InChI=1S/C13H25N3O3/c1-8-5-6-9(11(17)19-13(2,3)4)7-10(8)15-16-12(14)18/h8-10,15H,5-7H2,1-4H3,(H3,14,16,18)/t8?,9-,10+/m1/s1. The van der Waals surface area contributed by atoms with Crippen LogP contribution in [-0.4, -0.2) is 23.6 Å². The van der Waals surface area contributed by atoms with Crippen LogP contribution >= 0.6 is 0 Å². The van der Waals surface area contributed by atoms with E-state index >= 15 is 0 Å². The number of hydrogen-bond donors (Lipinski definition) is 3. The molecule has 0 aromatic heterocycles. The highest BCUT2D eigenvalue weighted by atomic mass is 16.6. The van der Waals surface area contributed by atoms with E-state index in [1.54, 1.807) is 0 Å². The van der Waals surface area contributed by atoms with Gasteiger partial charge in [0.2, 0.25) is 0 Å². The lowest BCUT2D eigenvalue weighted by Crippen LogP contribution is -2.52. The van der Waals surface area contributed by atoms with Gasteiger partial charge in [-0.1, -0.05) is 6.92 Å². The molecule has 110 valence electrons. The van der Waals surface area contributed by atoms with Crippen LogP contribution in [0.4, 0.5) is 4.79 Å². The van der Waals surface area contributed by atoms with Crippen molar-refractivity contribution in [1.82, 2.24) is 10.9 Å². The number of hydrazine groups is 1. The maximum atomic E-state index is 12.0. The molecule has 6 heteroatoms. The number of primary amides is 1. The topological polar surface area (TPSA) is 93.4 Å².